The van der Waals surface area contributed by atoms with E-state index >= 15 is 0 Å². The first-order valence-electron chi connectivity index (χ1n) is 5.86. The van der Waals surface area contributed by atoms with Gasteiger partial charge < -0.3 is 10.1 Å². The van der Waals surface area contributed by atoms with Gasteiger partial charge in [0.05, 0.1) is 19.2 Å². The summed E-state index contributed by atoms with van der Waals surface area (Å²) in [5.41, 5.74) is 0. The number of nitrogens with zero attached hydrogens (tertiary/aromatic N) is 2. The third kappa shape index (κ3) is 3.04. The van der Waals surface area contributed by atoms with Gasteiger partial charge in [-0.25, -0.2) is 0 Å². The molecular weight excluding hydrogens is 254 g/mol. The van der Waals surface area contributed by atoms with Gasteiger partial charge in [0.15, 0.2) is 0 Å². The number of methoxy groups -OCH3 is 1. The Hall–Kier alpha value is -1.50. The maximum absolute atomic E-state index is 11.8. The van der Waals surface area contributed by atoms with Gasteiger partial charge >= 0.3 is 5.97 Å². The Morgan fingerprint density at radius 1 is 1.39 bits per heavy atom. The van der Waals surface area contributed by atoms with Gasteiger partial charge in [0, 0.05) is 6.04 Å². The molecule has 18 heavy (non-hydrogen) atoms. The van der Waals surface area contributed by atoms with Crippen molar-refractivity contribution in [2.24, 2.45) is 5.92 Å². The number of hydrogen-bond donors (Lipinski definition) is 1. The van der Waals surface area contributed by atoms with Crippen LogP contribution in [0.4, 0.5) is 0 Å². The molecule has 1 aromatic rings. The van der Waals surface area contributed by atoms with Crippen LogP contribution in [-0.2, 0) is 9.53 Å². The van der Waals surface area contributed by atoms with Crippen molar-refractivity contribution in [2.75, 3.05) is 7.11 Å². The Morgan fingerprint density at radius 3 is 2.67 bits per heavy atom. The molecule has 0 atom stereocenters. The van der Waals surface area contributed by atoms with Gasteiger partial charge in [-0.2, -0.15) is 0 Å². The number of hydrogen-bond acceptors (Lipinski definition) is 6. The maximum Gasteiger partial charge on any atom is 0.308 e. The first kappa shape index (κ1) is 12.9. The fourth-order valence-corrected chi connectivity index (χ4v) is 2.58. The van der Waals surface area contributed by atoms with Crippen molar-refractivity contribution in [1.29, 1.82) is 0 Å². The van der Waals surface area contributed by atoms with E-state index in [2.05, 4.69) is 14.9 Å². The molecule has 1 heterocycles. The summed E-state index contributed by atoms with van der Waals surface area (Å²) >= 11 is 1.08. The fraction of sp³-hybridized carbons (Fsp3) is 0.636. The SMILES string of the molecule is COC(=O)C1CCC(NC(=O)c2cnns2)CC1. The molecule has 1 aliphatic rings. The van der Waals surface area contributed by atoms with Crippen molar-refractivity contribution in [3.8, 4) is 0 Å². The van der Waals surface area contributed by atoms with Gasteiger partial charge in [-0.3, -0.25) is 9.59 Å². The van der Waals surface area contributed by atoms with E-state index in [0.717, 1.165) is 37.2 Å². The molecule has 1 aliphatic carbocycles. The van der Waals surface area contributed by atoms with E-state index in [4.69, 9.17) is 4.74 Å². The molecule has 1 aromatic heterocycles. The summed E-state index contributed by atoms with van der Waals surface area (Å²) in [4.78, 5) is 23.6. The van der Waals surface area contributed by atoms with Crippen molar-refractivity contribution in [3.63, 3.8) is 0 Å². The van der Waals surface area contributed by atoms with E-state index < -0.39 is 0 Å². The maximum atomic E-state index is 11.8. The van der Waals surface area contributed by atoms with Gasteiger partial charge in [0.25, 0.3) is 5.91 Å². The molecule has 0 aromatic carbocycles. The van der Waals surface area contributed by atoms with Gasteiger partial charge in [0.1, 0.15) is 4.88 Å². The Morgan fingerprint density at radius 2 is 2.11 bits per heavy atom. The Bertz CT molecular complexity index is 413. The molecule has 7 heteroatoms. The second kappa shape index (κ2) is 5.90. The van der Waals surface area contributed by atoms with Crippen LogP contribution in [0.2, 0.25) is 0 Å². The van der Waals surface area contributed by atoms with E-state index in [0.29, 0.717) is 4.88 Å². The lowest BCUT2D eigenvalue weighted by Gasteiger charge is -2.27. The smallest absolute Gasteiger partial charge is 0.308 e. The third-order valence-corrected chi connectivity index (χ3v) is 3.85. The quantitative estimate of drug-likeness (QED) is 0.828. The van der Waals surface area contributed by atoms with Crippen molar-refractivity contribution in [1.82, 2.24) is 14.9 Å². The van der Waals surface area contributed by atoms with Crippen LogP contribution in [0.15, 0.2) is 6.20 Å². The summed E-state index contributed by atoms with van der Waals surface area (Å²) < 4.78 is 8.38. The lowest BCUT2D eigenvalue weighted by atomic mass is 9.86. The van der Waals surface area contributed by atoms with E-state index in [1.54, 1.807) is 0 Å². The second-order valence-electron chi connectivity index (χ2n) is 4.33. The third-order valence-electron chi connectivity index (χ3n) is 3.18. The molecule has 1 amide bonds. The Balaban J connectivity index is 1.80. The molecule has 0 unspecified atom stereocenters. The molecule has 0 radical (unpaired) electrons. The van der Waals surface area contributed by atoms with Crippen molar-refractivity contribution >= 4 is 23.4 Å². The van der Waals surface area contributed by atoms with Crippen LogP contribution in [0.5, 0.6) is 0 Å². The summed E-state index contributed by atoms with van der Waals surface area (Å²) in [5, 5.41) is 6.57. The fourth-order valence-electron chi connectivity index (χ4n) is 2.16. The number of carbonyl (C=O) groups is 2. The summed E-state index contributed by atoms with van der Waals surface area (Å²) in [6.07, 6.45) is 4.59. The average molecular weight is 269 g/mol. The normalized spacial score (nSPS) is 23.4. The van der Waals surface area contributed by atoms with Crippen molar-refractivity contribution in [2.45, 2.75) is 31.7 Å². The lowest BCUT2D eigenvalue weighted by molar-refractivity contribution is -0.146. The number of rotatable bonds is 3. The van der Waals surface area contributed by atoms with Crippen LogP contribution in [0.3, 0.4) is 0 Å². The molecule has 2 rings (SSSR count). The lowest BCUT2D eigenvalue weighted by Crippen LogP contribution is -2.38. The minimum atomic E-state index is -0.147. The minimum Gasteiger partial charge on any atom is -0.469 e. The number of carbonyl (C=O) groups excluding carboxylic acids is 2. The van der Waals surface area contributed by atoms with Gasteiger partial charge in [-0.1, -0.05) is 4.49 Å². The highest BCUT2D eigenvalue weighted by Crippen LogP contribution is 2.25. The molecule has 0 spiro atoms. The summed E-state index contributed by atoms with van der Waals surface area (Å²) in [5.74, 6) is -0.300. The Kier molecular flexibility index (Phi) is 4.24. The molecule has 1 fully saturated rings. The van der Waals surface area contributed by atoms with Crippen LogP contribution in [-0.4, -0.2) is 34.6 Å². The van der Waals surface area contributed by atoms with E-state index in [1.807, 2.05) is 0 Å². The number of esters is 1. The highest BCUT2D eigenvalue weighted by atomic mass is 32.1. The number of ether oxygens (including phenoxy) is 1. The molecule has 98 valence electrons. The monoisotopic (exact) mass is 269 g/mol. The standard InChI is InChI=1S/C11H15N3O3S/c1-17-11(16)7-2-4-8(5-3-7)13-10(15)9-6-12-14-18-9/h6-8H,2-5H2,1H3,(H,13,15). The number of aromatic nitrogens is 2. The summed E-state index contributed by atoms with van der Waals surface area (Å²) in [6.45, 7) is 0. The topological polar surface area (TPSA) is 81.2 Å². The Labute approximate surface area is 109 Å². The first-order valence-corrected chi connectivity index (χ1v) is 6.64. The van der Waals surface area contributed by atoms with Crippen molar-refractivity contribution in [3.05, 3.63) is 11.1 Å². The molecule has 1 N–H and O–H groups in total. The zero-order valence-corrected chi connectivity index (χ0v) is 10.9. The predicted molar refractivity (Wildman–Crippen MR) is 65.1 cm³/mol. The first-order chi connectivity index (χ1) is 8.70. The highest BCUT2D eigenvalue weighted by Gasteiger charge is 2.27. The summed E-state index contributed by atoms with van der Waals surface area (Å²) in [7, 11) is 1.41. The zero-order valence-electron chi connectivity index (χ0n) is 10.1. The van der Waals surface area contributed by atoms with Crippen LogP contribution in [0.1, 0.15) is 35.4 Å². The van der Waals surface area contributed by atoms with E-state index in [9.17, 15) is 9.59 Å². The molecular formula is C11H15N3O3S. The van der Waals surface area contributed by atoms with Crippen LogP contribution < -0.4 is 5.32 Å². The predicted octanol–water partition coefficient (Wildman–Crippen LogP) is 1.000. The van der Waals surface area contributed by atoms with Gasteiger partial charge in [-0.15, -0.1) is 5.10 Å². The summed E-state index contributed by atoms with van der Waals surface area (Å²) in [6, 6.07) is 0.125. The van der Waals surface area contributed by atoms with Gasteiger partial charge in [-0.05, 0) is 37.2 Å². The largest absolute Gasteiger partial charge is 0.469 e. The van der Waals surface area contributed by atoms with E-state index in [-0.39, 0.29) is 23.8 Å². The molecule has 0 bridgehead atoms. The molecule has 0 saturated heterocycles. The zero-order chi connectivity index (χ0) is 13.0. The van der Waals surface area contributed by atoms with E-state index in [1.165, 1.54) is 13.3 Å². The number of amides is 1. The van der Waals surface area contributed by atoms with Crippen LogP contribution in [0.25, 0.3) is 0 Å². The van der Waals surface area contributed by atoms with Crippen molar-refractivity contribution < 1.29 is 14.3 Å². The second-order valence-corrected chi connectivity index (χ2v) is 5.11. The number of nitrogens with one attached hydrogen (secondary N) is 1. The highest BCUT2D eigenvalue weighted by molar-refractivity contribution is 7.07. The van der Waals surface area contributed by atoms with Crippen LogP contribution in [0, 0.1) is 5.92 Å². The molecule has 0 aliphatic heterocycles. The average Bonchev–Trinajstić information content (AvgIpc) is 2.92. The van der Waals surface area contributed by atoms with Crippen LogP contribution >= 0.6 is 11.5 Å². The molecule has 6 nitrogen and oxygen atoms in total. The minimum absolute atomic E-state index is 0.0202. The van der Waals surface area contributed by atoms with Gasteiger partial charge in [0.2, 0.25) is 0 Å². The molecule has 1 saturated carbocycles.